The maximum absolute atomic E-state index is 8.87. The molecule has 0 unspecified atom stereocenters. The summed E-state index contributed by atoms with van der Waals surface area (Å²) in [5.74, 6) is 0. The van der Waals surface area contributed by atoms with Crippen molar-refractivity contribution in [2.75, 3.05) is 5.32 Å². The summed E-state index contributed by atoms with van der Waals surface area (Å²) in [6, 6.07) is 9.43. The Morgan fingerprint density at radius 1 is 1.41 bits per heavy atom. The van der Waals surface area contributed by atoms with Gasteiger partial charge in [-0.3, -0.25) is 0 Å². The van der Waals surface area contributed by atoms with Gasteiger partial charge in [-0.25, -0.2) is 0 Å². The molecule has 0 saturated heterocycles. The molecule has 17 heavy (non-hydrogen) atoms. The maximum atomic E-state index is 8.87. The number of halogens is 2. The zero-order valence-corrected chi connectivity index (χ0v) is 11.9. The second kappa shape index (κ2) is 5.54. The summed E-state index contributed by atoms with van der Waals surface area (Å²) in [4.78, 5) is 1.22. The predicted molar refractivity (Wildman–Crippen MR) is 75.5 cm³/mol. The fourth-order valence-corrected chi connectivity index (χ4v) is 2.95. The van der Waals surface area contributed by atoms with Gasteiger partial charge in [-0.05, 0) is 45.6 Å². The minimum atomic E-state index is 0.482. The third-order valence-electron chi connectivity index (χ3n) is 2.23. The topological polar surface area (TPSA) is 35.8 Å². The fourth-order valence-electron chi connectivity index (χ4n) is 1.35. The zero-order valence-electron chi connectivity index (χ0n) is 8.71. The lowest BCUT2D eigenvalue weighted by Gasteiger charge is -2.06. The minimum absolute atomic E-state index is 0.482. The number of hydrogen-bond donors (Lipinski definition) is 1. The summed E-state index contributed by atoms with van der Waals surface area (Å²) in [5.41, 5.74) is 1.38. The van der Waals surface area contributed by atoms with Crippen molar-refractivity contribution >= 4 is 44.6 Å². The van der Waals surface area contributed by atoms with Crippen LogP contribution in [-0.4, -0.2) is 0 Å². The van der Waals surface area contributed by atoms with E-state index in [4.69, 9.17) is 16.9 Å². The molecule has 86 valence electrons. The van der Waals surface area contributed by atoms with Crippen LogP contribution in [0.3, 0.4) is 0 Å². The lowest BCUT2D eigenvalue weighted by molar-refractivity contribution is 1.18. The molecule has 0 spiro atoms. The first-order chi connectivity index (χ1) is 8.20. The van der Waals surface area contributed by atoms with Crippen LogP contribution >= 0.6 is 38.9 Å². The smallest absolute Gasteiger partial charge is 0.101 e. The van der Waals surface area contributed by atoms with Gasteiger partial charge in [-0.1, -0.05) is 11.6 Å². The van der Waals surface area contributed by atoms with Crippen LogP contribution in [0, 0.1) is 11.3 Å². The van der Waals surface area contributed by atoms with Gasteiger partial charge in [-0.15, -0.1) is 11.3 Å². The predicted octanol–water partition coefficient (Wildman–Crippen LogP) is 4.65. The molecular formula is C12H8BrClN2S. The Hall–Kier alpha value is -1.02. The van der Waals surface area contributed by atoms with Crippen LogP contribution in [-0.2, 0) is 6.54 Å². The van der Waals surface area contributed by atoms with Crippen molar-refractivity contribution in [1.82, 2.24) is 0 Å². The normalized spacial score (nSPS) is 9.94. The molecule has 0 aliphatic carbocycles. The Balaban J connectivity index is 2.10. The average Bonchev–Trinajstić information content (AvgIpc) is 2.74. The van der Waals surface area contributed by atoms with Gasteiger partial charge in [-0.2, -0.15) is 5.26 Å². The Labute approximate surface area is 117 Å². The number of nitrogens with one attached hydrogen (secondary N) is 1. The summed E-state index contributed by atoms with van der Waals surface area (Å²) in [6.45, 7) is 0.727. The first-order valence-corrected chi connectivity index (χ1v) is 6.91. The second-order valence-electron chi connectivity index (χ2n) is 3.35. The Morgan fingerprint density at radius 3 is 2.88 bits per heavy atom. The van der Waals surface area contributed by atoms with Crippen LogP contribution in [0.4, 0.5) is 5.69 Å². The molecule has 0 bridgehead atoms. The first kappa shape index (κ1) is 12.4. The molecule has 1 heterocycles. The number of thiophene rings is 1. The van der Waals surface area contributed by atoms with Gasteiger partial charge >= 0.3 is 0 Å². The molecule has 2 nitrogen and oxygen atoms in total. The molecular weight excluding hydrogens is 320 g/mol. The lowest BCUT2D eigenvalue weighted by atomic mass is 10.2. The van der Waals surface area contributed by atoms with Crippen LogP contribution in [0.1, 0.15) is 10.4 Å². The number of anilines is 1. The largest absolute Gasteiger partial charge is 0.380 e. The van der Waals surface area contributed by atoms with Crippen molar-refractivity contribution in [3.8, 4) is 6.07 Å². The Bertz CT molecular complexity index is 574. The summed E-state index contributed by atoms with van der Waals surface area (Å²) in [6.07, 6.45) is 0. The molecule has 0 aliphatic rings. The van der Waals surface area contributed by atoms with Crippen LogP contribution in [0.2, 0.25) is 5.02 Å². The molecule has 1 aromatic heterocycles. The highest BCUT2D eigenvalue weighted by molar-refractivity contribution is 9.10. The van der Waals surface area contributed by atoms with E-state index >= 15 is 0 Å². The summed E-state index contributed by atoms with van der Waals surface area (Å²) >= 11 is 11.0. The Kier molecular flexibility index (Phi) is 4.06. The maximum Gasteiger partial charge on any atom is 0.101 e. The Morgan fingerprint density at radius 2 is 2.24 bits per heavy atom. The molecule has 0 saturated carbocycles. The molecule has 1 N–H and O–H groups in total. The summed E-state index contributed by atoms with van der Waals surface area (Å²) in [5, 5.41) is 14.6. The number of benzene rings is 1. The molecule has 0 radical (unpaired) electrons. The van der Waals surface area contributed by atoms with E-state index in [-0.39, 0.29) is 0 Å². The second-order valence-corrected chi connectivity index (χ2v) is 5.61. The molecule has 5 heteroatoms. The number of nitrogens with zero attached hydrogens (tertiary/aromatic N) is 1. The molecule has 0 aliphatic heterocycles. The third-order valence-corrected chi connectivity index (χ3v) is 4.49. The zero-order chi connectivity index (χ0) is 12.3. The van der Waals surface area contributed by atoms with Gasteiger partial charge in [0.1, 0.15) is 6.07 Å². The summed E-state index contributed by atoms with van der Waals surface area (Å²) < 4.78 is 1.10. The average molecular weight is 328 g/mol. The van der Waals surface area contributed by atoms with E-state index in [2.05, 4.69) is 27.3 Å². The van der Waals surface area contributed by atoms with Crippen molar-refractivity contribution in [2.45, 2.75) is 6.54 Å². The SMILES string of the molecule is N#Cc1cc(NCc2sccc2Br)ccc1Cl. The highest BCUT2D eigenvalue weighted by atomic mass is 79.9. The van der Waals surface area contributed by atoms with Crippen molar-refractivity contribution in [1.29, 1.82) is 5.26 Å². The van der Waals surface area contributed by atoms with E-state index in [0.717, 1.165) is 16.7 Å². The van der Waals surface area contributed by atoms with Crippen molar-refractivity contribution in [2.24, 2.45) is 0 Å². The van der Waals surface area contributed by atoms with Crippen molar-refractivity contribution in [3.63, 3.8) is 0 Å². The standard InChI is InChI=1S/C12H8BrClN2S/c13-10-3-4-17-12(10)7-16-9-1-2-11(14)8(5-9)6-15/h1-5,16H,7H2. The van der Waals surface area contributed by atoms with E-state index < -0.39 is 0 Å². The van der Waals surface area contributed by atoms with E-state index in [1.807, 2.05) is 17.5 Å². The molecule has 1 aromatic carbocycles. The molecule has 0 amide bonds. The number of hydrogen-bond acceptors (Lipinski definition) is 3. The molecule has 2 rings (SSSR count). The van der Waals surface area contributed by atoms with Crippen molar-refractivity contribution < 1.29 is 0 Å². The van der Waals surface area contributed by atoms with E-state index in [0.29, 0.717) is 10.6 Å². The van der Waals surface area contributed by atoms with Gasteiger partial charge in [0, 0.05) is 15.0 Å². The van der Waals surface area contributed by atoms with Crippen LogP contribution in [0.15, 0.2) is 34.1 Å². The lowest BCUT2D eigenvalue weighted by Crippen LogP contribution is -1.98. The monoisotopic (exact) mass is 326 g/mol. The molecule has 0 fully saturated rings. The van der Waals surface area contributed by atoms with Gasteiger partial charge in [0.25, 0.3) is 0 Å². The van der Waals surface area contributed by atoms with Crippen molar-refractivity contribution in [3.05, 3.63) is 49.6 Å². The van der Waals surface area contributed by atoms with Gasteiger partial charge in [0.2, 0.25) is 0 Å². The number of rotatable bonds is 3. The molecule has 0 atom stereocenters. The fraction of sp³-hybridized carbons (Fsp3) is 0.0833. The highest BCUT2D eigenvalue weighted by Crippen LogP contribution is 2.25. The first-order valence-electron chi connectivity index (χ1n) is 4.86. The highest BCUT2D eigenvalue weighted by Gasteiger charge is 2.03. The van der Waals surface area contributed by atoms with Gasteiger partial charge in [0.05, 0.1) is 17.1 Å². The van der Waals surface area contributed by atoms with Crippen LogP contribution in [0.5, 0.6) is 0 Å². The number of nitriles is 1. The summed E-state index contributed by atoms with van der Waals surface area (Å²) in [7, 11) is 0. The van der Waals surface area contributed by atoms with Gasteiger partial charge in [0.15, 0.2) is 0 Å². The minimum Gasteiger partial charge on any atom is -0.380 e. The van der Waals surface area contributed by atoms with E-state index in [1.54, 1.807) is 23.5 Å². The molecule has 2 aromatic rings. The van der Waals surface area contributed by atoms with E-state index in [1.165, 1.54) is 4.88 Å². The quantitative estimate of drug-likeness (QED) is 0.891. The van der Waals surface area contributed by atoms with Crippen LogP contribution < -0.4 is 5.32 Å². The van der Waals surface area contributed by atoms with E-state index in [9.17, 15) is 0 Å². The van der Waals surface area contributed by atoms with Gasteiger partial charge < -0.3 is 5.32 Å². The van der Waals surface area contributed by atoms with Crippen LogP contribution in [0.25, 0.3) is 0 Å². The third kappa shape index (κ3) is 3.01.